The smallest absolute Gasteiger partial charge is 0.325 e. The number of urea groups is 1. The number of nitrogens with one attached hydrogen (secondary N) is 2. The average Bonchev–Trinajstić information content (AvgIpc) is 3.24. The molecule has 0 aliphatic carbocycles. The van der Waals surface area contributed by atoms with E-state index >= 15 is 0 Å². The summed E-state index contributed by atoms with van der Waals surface area (Å²) in [7, 11) is 0. The van der Waals surface area contributed by atoms with Crippen molar-refractivity contribution in [3.63, 3.8) is 0 Å². The molecule has 0 unspecified atom stereocenters. The SMILES string of the molecule is Cc1ccc(NC(=O)CN2C(=O)N/C(=C\c3ccc(C)n3-c3ccccc3)C2=O)cc1. The molecule has 2 heterocycles. The molecule has 4 rings (SSSR count). The average molecular weight is 414 g/mol. The Morgan fingerprint density at radius 1 is 0.968 bits per heavy atom. The van der Waals surface area contributed by atoms with Crippen molar-refractivity contribution < 1.29 is 14.4 Å². The predicted molar refractivity (Wildman–Crippen MR) is 119 cm³/mol. The molecule has 0 bridgehead atoms. The van der Waals surface area contributed by atoms with Gasteiger partial charge in [-0.3, -0.25) is 9.59 Å². The van der Waals surface area contributed by atoms with Gasteiger partial charge in [-0.1, -0.05) is 35.9 Å². The number of aromatic nitrogens is 1. The van der Waals surface area contributed by atoms with E-state index in [4.69, 9.17) is 0 Å². The number of benzene rings is 2. The van der Waals surface area contributed by atoms with Gasteiger partial charge in [-0.05, 0) is 56.3 Å². The lowest BCUT2D eigenvalue weighted by Crippen LogP contribution is -2.38. The number of para-hydroxylation sites is 1. The van der Waals surface area contributed by atoms with Crippen LogP contribution in [-0.2, 0) is 9.59 Å². The maximum absolute atomic E-state index is 12.8. The van der Waals surface area contributed by atoms with Crippen LogP contribution in [0.25, 0.3) is 11.8 Å². The fraction of sp³-hybridized carbons (Fsp3) is 0.125. The van der Waals surface area contributed by atoms with Crippen molar-refractivity contribution in [3.05, 3.63) is 89.4 Å². The van der Waals surface area contributed by atoms with Crippen molar-refractivity contribution in [3.8, 4) is 5.69 Å². The van der Waals surface area contributed by atoms with Crippen LogP contribution in [0.4, 0.5) is 10.5 Å². The van der Waals surface area contributed by atoms with E-state index in [1.54, 1.807) is 18.2 Å². The van der Waals surface area contributed by atoms with Gasteiger partial charge in [-0.15, -0.1) is 0 Å². The molecular formula is C24H22N4O3. The molecule has 3 aromatic rings. The van der Waals surface area contributed by atoms with E-state index < -0.39 is 17.8 Å². The van der Waals surface area contributed by atoms with Gasteiger partial charge in [0, 0.05) is 22.8 Å². The Labute approximate surface area is 180 Å². The molecule has 1 aliphatic heterocycles. The minimum absolute atomic E-state index is 0.128. The second kappa shape index (κ2) is 8.31. The minimum Gasteiger partial charge on any atom is -0.325 e. The monoisotopic (exact) mass is 414 g/mol. The summed E-state index contributed by atoms with van der Waals surface area (Å²) in [5.74, 6) is -0.986. The zero-order valence-electron chi connectivity index (χ0n) is 17.3. The highest BCUT2D eigenvalue weighted by Crippen LogP contribution is 2.21. The fourth-order valence-corrected chi connectivity index (χ4v) is 3.45. The van der Waals surface area contributed by atoms with Crippen molar-refractivity contribution in [2.45, 2.75) is 13.8 Å². The normalized spacial score (nSPS) is 14.8. The molecule has 1 fully saturated rings. The number of carbonyl (C=O) groups excluding carboxylic acids is 3. The highest BCUT2D eigenvalue weighted by atomic mass is 16.2. The van der Waals surface area contributed by atoms with Crippen LogP contribution in [0.15, 0.2) is 72.4 Å². The van der Waals surface area contributed by atoms with Gasteiger partial charge in [0.1, 0.15) is 12.2 Å². The number of imide groups is 1. The van der Waals surface area contributed by atoms with Crippen molar-refractivity contribution in [2.24, 2.45) is 0 Å². The highest BCUT2D eigenvalue weighted by Gasteiger charge is 2.35. The Kier molecular flexibility index (Phi) is 5.41. The summed E-state index contributed by atoms with van der Waals surface area (Å²) in [5, 5.41) is 5.27. The lowest BCUT2D eigenvalue weighted by Gasteiger charge is -2.12. The lowest BCUT2D eigenvalue weighted by atomic mass is 10.2. The van der Waals surface area contributed by atoms with E-state index in [0.29, 0.717) is 5.69 Å². The molecule has 156 valence electrons. The Hall–Kier alpha value is -4.13. The van der Waals surface area contributed by atoms with E-state index in [1.165, 1.54) is 0 Å². The first-order valence-electron chi connectivity index (χ1n) is 9.87. The molecule has 0 radical (unpaired) electrons. The summed E-state index contributed by atoms with van der Waals surface area (Å²) in [6.07, 6.45) is 1.62. The molecule has 0 atom stereocenters. The molecule has 0 saturated carbocycles. The van der Waals surface area contributed by atoms with Gasteiger partial charge in [-0.2, -0.15) is 0 Å². The summed E-state index contributed by atoms with van der Waals surface area (Å²) >= 11 is 0. The third-order valence-electron chi connectivity index (χ3n) is 5.01. The van der Waals surface area contributed by atoms with Gasteiger partial charge in [-0.25, -0.2) is 9.69 Å². The van der Waals surface area contributed by atoms with E-state index in [-0.39, 0.29) is 12.2 Å². The van der Waals surface area contributed by atoms with E-state index in [9.17, 15) is 14.4 Å². The van der Waals surface area contributed by atoms with E-state index in [2.05, 4.69) is 10.6 Å². The zero-order valence-corrected chi connectivity index (χ0v) is 17.3. The molecule has 4 amide bonds. The van der Waals surface area contributed by atoms with Crippen LogP contribution in [0.2, 0.25) is 0 Å². The second-order valence-corrected chi connectivity index (χ2v) is 7.36. The zero-order chi connectivity index (χ0) is 22.0. The molecule has 0 spiro atoms. The summed E-state index contributed by atoms with van der Waals surface area (Å²) in [6, 6.07) is 20.2. The van der Waals surface area contributed by atoms with Crippen LogP contribution in [0, 0.1) is 13.8 Å². The number of carbonyl (C=O) groups is 3. The maximum Gasteiger partial charge on any atom is 0.329 e. The quantitative estimate of drug-likeness (QED) is 0.494. The third kappa shape index (κ3) is 4.25. The van der Waals surface area contributed by atoms with E-state index in [0.717, 1.165) is 27.5 Å². The highest BCUT2D eigenvalue weighted by molar-refractivity contribution is 6.15. The molecule has 2 aromatic carbocycles. The summed E-state index contributed by atoms with van der Waals surface area (Å²) in [5.41, 5.74) is 4.49. The molecule has 2 N–H and O–H groups in total. The fourth-order valence-electron chi connectivity index (χ4n) is 3.45. The Bertz CT molecular complexity index is 1180. The Balaban J connectivity index is 1.52. The van der Waals surface area contributed by atoms with Crippen molar-refractivity contribution in [2.75, 3.05) is 11.9 Å². The van der Waals surface area contributed by atoms with Gasteiger partial charge in [0.15, 0.2) is 0 Å². The minimum atomic E-state index is -0.621. The molecule has 31 heavy (non-hydrogen) atoms. The van der Waals surface area contributed by atoms with Gasteiger partial charge in [0.25, 0.3) is 5.91 Å². The number of hydrogen-bond donors (Lipinski definition) is 2. The second-order valence-electron chi connectivity index (χ2n) is 7.36. The molecule has 7 nitrogen and oxygen atoms in total. The molecular weight excluding hydrogens is 392 g/mol. The summed E-state index contributed by atoms with van der Waals surface area (Å²) < 4.78 is 1.99. The van der Waals surface area contributed by atoms with Crippen molar-refractivity contribution >= 4 is 29.6 Å². The van der Waals surface area contributed by atoms with Crippen LogP contribution in [-0.4, -0.2) is 33.9 Å². The van der Waals surface area contributed by atoms with Crippen LogP contribution in [0.3, 0.4) is 0 Å². The third-order valence-corrected chi connectivity index (χ3v) is 5.01. The van der Waals surface area contributed by atoms with Gasteiger partial charge in [0.2, 0.25) is 5.91 Å². The Morgan fingerprint density at radius 3 is 2.39 bits per heavy atom. The van der Waals surface area contributed by atoms with Gasteiger partial charge < -0.3 is 15.2 Å². The largest absolute Gasteiger partial charge is 0.329 e. The Morgan fingerprint density at radius 2 is 1.68 bits per heavy atom. The van der Waals surface area contributed by atoms with Gasteiger partial charge >= 0.3 is 6.03 Å². The number of nitrogens with zero attached hydrogens (tertiary/aromatic N) is 2. The lowest BCUT2D eigenvalue weighted by molar-refractivity contribution is -0.127. The van der Waals surface area contributed by atoms with Crippen LogP contribution < -0.4 is 10.6 Å². The molecule has 1 aliphatic rings. The van der Waals surface area contributed by atoms with Crippen molar-refractivity contribution in [1.82, 2.24) is 14.8 Å². The molecule has 1 saturated heterocycles. The van der Waals surface area contributed by atoms with Crippen LogP contribution >= 0.6 is 0 Å². The van der Waals surface area contributed by atoms with Gasteiger partial charge in [0.05, 0.1) is 0 Å². The van der Waals surface area contributed by atoms with E-state index in [1.807, 2.05) is 73.0 Å². The first-order chi connectivity index (χ1) is 14.9. The molecule has 7 heteroatoms. The number of hydrogen-bond acceptors (Lipinski definition) is 3. The van der Waals surface area contributed by atoms with Crippen molar-refractivity contribution in [1.29, 1.82) is 0 Å². The number of amides is 4. The number of rotatable bonds is 5. The standard InChI is InChI=1S/C24H22N4O3/c1-16-8-11-18(12-9-16)25-22(29)15-27-23(30)21(26-24(27)31)14-20-13-10-17(2)28(20)19-6-4-3-5-7-19/h3-14H,15H2,1-2H3,(H,25,29)(H,26,31)/b21-14-. The first kappa shape index (κ1) is 20.2. The molecule has 1 aromatic heterocycles. The summed E-state index contributed by atoms with van der Waals surface area (Å²) in [4.78, 5) is 38.4. The number of anilines is 1. The topological polar surface area (TPSA) is 83.4 Å². The summed E-state index contributed by atoms with van der Waals surface area (Å²) in [6.45, 7) is 3.54. The first-order valence-corrected chi connectivity index (χ1v) is 9.87. The van der Waals surface area contributed by atoms with Crippen LogP contribution in [0.5, 0.6) is 0 Å². The predicted octanol–water partition coefficient (Wildman–Crippen LogP) is 3.63. The maximum atomic E-state index is 12.8. The van der Waals surface area contributed by atoms with Crippen LogP contribution in [0.1, 0.15) is 17.0 Å². The number of aryl methyl sites for hydroxylation is 2.